The quantitative estimate of drug-likeness (QED) is 0.885. The third kappa shape index (κ3) is 2.74. The zero-order valence-corrected chi connectivity index (χ0v) is 13.4. The van der Waals surface area contributed by atoms with E-state index < -0.39 is 11.4 Å². The summed E-state index contributed by atoms with van der Waals surface area (Å²) < 4.78 is 19.8. The molecule has 21 heavy (non-hydrogen) atoms. The van der Waals surface area contributed by atoms with Gasteiger partial charge in [-0.05, 0) is 46.8 Å². The van der Waals surface area contributed by atoms with Crippen LogP contribution in [0.3, 0.4) is 0 Å². The molecule has 0 aliphatic heterocycles. The second kappa shape index (κ2) is 5.50. The molecule has 112 valence electrons. The topological polar surface area (TPSA) is 64.9 Å². The van der Waals surface area contributed by atoms with Gasteiger partial charge in [-0.25, -0.2) is 4.39 Å². The Balaban J connectivity index is 1.97. The van der Waals surface area contributed by atoms with E-state index in [0.29, 0.717) is 16.2 Å². The highest BCUT2D eigenvalue weighted by atomic mass is 79.9. The van der Waals surface area contributed by atoms with E-state index in [1.165, 1.54) is 12.5 Å². The molecule has 2 atom stereocenters. The Morgan fingerprint density at radius 3 is 3.00 bits per heavy atom. The molecule has 1 aromatic heterocycles. The van der Waals surface area contributed by atoms with Gasteiger partial charge in [0, 0.05) is 4.47 Å². The summed E-state index contributed by atoms with van der Waals surface area (Å²) in [5, 5.41) is 4.01. The van der Waals surface area contributed by atoms with Gasteiger partial charge in [0.25, 0.3) is 5.89 Å². The lowest BCUT2D eigenvalue weighted by Crippen LogP contribution is -2.42. The Labute approximate surface area is 131 Å². The lowest BCUT2D eigenvalue weighted by molar-refractivity contribution is 0.222. The Bertz CT molecular complexity index is 640. The zero-order valence-electron chi connectivity index (χ0n) is 11.8. The summed E-state index contributed by atoms with van der Waals surface area (Å²) in [5.74, 6) is 0.769. The first-order valence-electron chi connectivity index (χ1n) is 7.07. The molecule has 1 aliphatic rings. The fraction of sp³-hybridized carbons (Fsp3) is 0.467. The van der Waals surface area contributed by atoms with Crippen LogP contribution in [0.2, 0.25) is 0 Å². The van der Waals surface area contributed by atoms with Gasteiger partial charge in [0.05, 0.1) is 11.1 Å². The van der Waals surface area contributed by atoms with Gasteiger partial charge in [0.1, 0.15) is 5.82 Å². The highest BCUT2D eigenvalue weighted by Crippen LogP contribution is 2.38. The molecule has 0 amide bonds. The fourth-order valence-corrected chi connectivity index (χ4v) is 3.54. The molecule has 0 spiro atoms. The molecular formula is C15H17BrFN3O. The van der Waals surface area contributed by atoms with Crippen molar-refractivity contribution in [1.29, 1.82) is 0 Å². The van der Waals surface area contributed by atoms with Crippen LogP contribution >= 0.6 is 15.9 Å². The second-order valence-corrected chi connectivity index (χ2v) is 6.73. The molecule has 6 heteroatoms. The number of hydrogen-bond donors (Lipinski definition) is 1. The number of aromatic nitrogens is 2. The summed E-state index contributed by atoms with van der Waals surface area (Å²) in [6, 6.07) is 4.72. The summed E-state index contributed by atoms with van der Waals surface area (Å²) in [4.78, 5) is 4.36. The molecule has 1 fully saturated rings. The molecule has 1 saturated carbocycles. The van der Waals surface area contributed by atoms with Crippen LogP contribution in [0.5, 0.6) is 0 Å². The fourth-order valence-electron chi connectivity index (χ4n) is 3.02. The van der Waals surface area contributed by atoms with E-state index in [-0.39, 0.29) is 11.5 Å². The number of nitrogens with two attached hydrogens (primary N) is 1. The lowest BCUT2D eigenvalue weighted by Gasteiger charge is -2.33. The van der Waals surface area contributed by atoms with Gasteiger partial charge in [-0.1, -0.05) is 31.0 Å². The average molecular weight is 354 g/mol. The van der Waals surface area contributed by atoms with Crippen molar-refractivity contribution in [2.24, 2.45) is 11.7 Å². The number of benzene rings is 1. The summed E-state index contributed by atoms with van der Waals surface area (Å²) in [6.45, 7) is 2.18. The average Bonchev–Trinajstić information content (AvgIpc) is 2.88. The first kappa shape index (κ1) is 14.7. The van der Waals surface area contributed by atoms with Crippen molar-refractivity contribution < 1.29 is 8.91 Å². The monoisotopic (exact) mass is 353 g/mol. The molecule has 3 rings (SSSR count). The highest BCUT2D eigenvalue weighted by molar-refractivity contribution is 9.10. The summed E-state index contributed by atoms with van der Waals surface area (Å²) >= 11 is 3.31. The van der Waals surface area contributed by atoms with E-state index >= 15 is 0 Å². The van der Waals surface area contributed by atoms with Crippen molar-refractivity contribution in [2.45, 2.75) is 38.1 Å². The zero-order chi connectivity index (χ0) is 15.0. The largest absolute Gasteiger partial charge is 0.334 e. The van der Waals surface area contributed by atoms with Gasteiger partial charge in [-0.2, -0.15) is 4.98 Å². The maximum Gasteiger partial charge on any atom is 0.262 e. The molecule has 1 aliphatic carbocycles. The smallest absolute Gasteiger partial charge is 0.262 e. The first-order valence-corrected chi connectivity index (χ1v) is 7.86. The number of halogens is 2. The van der Waals surface area contributed by atoms with Crippen LogP contribution in [0.1, 0.15) is 38.4 Å². The first-order chi connectivity index (χ1) is 9.99. The van der Waals surface area contributed by atoms with Crippen molar-refractivity contribution in [2.75, 3.05) is 0 Å². The third-order valence-corrected chi connectivity index (χ3v) is 4.74. The van der Waals surface area contributed by atoms with Crippen LogP contribution in [0.4, 0.5) is 4.39 Å². The number of nitrogens with zero attached hydrogens (tertiary/aromatic N) is 2. The van der Waals surface area contributed by atoms with Gasteiger partial charge in [0.2, 0.25) is 0 Å². The van der Waals surface area contributed by atoms with Crippen molar-refractivity contribution in [3.63, 3.8) is 0 Å². The molecule has 0 saturated heterocycles. The minimum absolute atomic E-state index is 0.165. The van der Waals surface area contributed by atoms with E-state index in [4.69, 9.17) is 10.3 Å². The number of hydrogen-bond acceptors (Lipinski definition) is 4. The molecular weight excluding hydrogens is 337 g/mol. The van der Waals surface area contributed by atoms with Crippen LogP contribution in [0.25, 0.3) is 11.5 Å². The third-order valence-electron chi connectivity index (χ3n) is 4.08. The molecule has 4 nitrogen and oxygen atoms in total. The van der Waals surface area contributed by atoms with E-state index in [0.717, 1.165) is 19.3 Å². The maximum absolute atomic E-state index is 14.0. The Kier molecular flexibility index (Phi) is 3.84. The van der Waals surface area contributed by atoms with E-state index in [2.05, 4.69) is 33.0 Å². The summed E-state index contributed by atoms with van der Waals surface area (Å²) in [7, 11) is 0. The van der Waals surface area contributed by atoms with Crippen LogP contribution in [-0.4, -0.2) is 10.1 Å². The van der Waals surface area contributed by atoms with Crippen molar-refractivity contribution >= 4 is 15.9 Å². The molecule has 1 heterocycles. The predicted octanol–water partition coefficient (Wildman–Crippen LogP) is 4.00. The standard InChI is InChI=1S/C15H17BrFN3O/c1-9-4-3-7-15(18,8-9)14-19-13(21-20-14)12-10(16)5-2-6-11(12)17/h2,5-6,9H,3-4,7-8,18H2,1H3. The molecule has 2 N–H and O–H groups in total. The van der Waals surface area contributed by atoms with Crippen LogP contribution in [-0.2, 0) is 5.54 Å². The van der Waals surface area contributed by atoms with E-state index in [1.54, 1.807) is 12.1 Å². The van der Waals surface area contributed by atoms with Gasteiger partial charge < -0.3 is 10.3 Å². The minimum atomic E-state index is -0.572. The Hall–Kier alpha value is -1.27. The van der Waals surface area contributed by atoms with Crippen LogP contribution in [0, 0.1) is 11.7 Å². The normalized spacial score (nSPS) is 26.0. The second-order valence-electron chi connectivity index (χ2n) is 5.88. The molecule has 2 unspecified atom stereocenters. The number of rotatable bonds is 2. The Morgan fingerprint density at radius 2 is 2.29 bits per heavy atom. The molecule has 1 aromatic carbocycles. The van der Waals surface area contributed by atoms with Crippen molar-refractivity contribution in [3.05, 3.63) is 34.3 Å². The SMILES string of the molecule is CC1CCCC(N)(c2noc(-c3c(F)cccc3Br)n2)C1. The van der Waals surface area contributed by atoms with Gasteiger partial charge in [0.15, 0.2) is 5.82 Å². The van der Waals surface area contributed by atoms with Crippen molar-refractivity contribution in [3.8, 4) is 11.5 Å². The van der Waals surface area contributed by atoms with Crippen LogP contribution < -0.4 is 5.73 Å². The van der Waals surface area contributed by atoms with E-state index in [9.17, 15) is 4.39 Å². The lowest BCUT2D eigenvalue weighted by atomic mass is 9.76. The van der Waals surface area contributed by atoms with Crippen molar-refractivity contribution in [1.82, 2.24) is 10.1 Å². The van der Waals surface area contributed by atoms with E-state index in [1.807, 2.05) is 0 Å². The van der Waals surface area contributed by atoms with Gasteiger partial charge >= 0.3 is 0 Å². The maximum atomic E-state index is 14.0. The molecule has 0 bridgehead atoms. The molecule has 0 radical (unpaired) electrons. The predicted molar refractivity (Wildman–Crippen MR) is 80.9 cm³/mol. The highest BCUT2D eigenvalue weighted by Gasteiger charge is 2.37. The van der Waals surface area contributed by atoms with Crippen LogP contribution in [0.15, 0.2) is 27.2 Å². The minimum Gasteiger partial charge on any atom is -0.334 e. The summed E-state index contributed by atoms with van der Waals surface area (Å²) in [6.07, 6.45) is 3.87. The van der Waals surface area contributed by atoms with Gasteiger partial charge in [-0.15, -0.1) is 0 Å². The van der Waals surface area contributed by atoms with Gasteiger partial charge in [-0.3, -0.25) is 0 Å². The summed E-state index contributed by atoms with van der Waals surface area (Å²) in [5.41, 5.74) is 6.16. The molecule has 2 aromatic rings. The Morgan fingerprint density at radius 1 is 1.48 bits per heavy atom.